The van der Waals surface area contributed by atoms with Crippen molar-refractivity contribution >= 4 is 12.0 Å². The van der Waals surface area contributed by atoms with Gasteiger partial charge in [-0.2, -0.15) is 0 Å². The van der Waals surface area contributed by atoms with E-state index in [2.05, 4.69) is 9.80 Å². The van der Waals surface area contributed by atoms with E-state index in [1.54, 1.807) is 4.90 Å². The van der Waals surface area contributed by atoms with E-state index in [4.69, 9.17) is 0 Å². The summed E-state index contributed by atoms with van der Waals surface area (Å²) in [6.45, 7) is 6.69. The molecular formula is C20H33N3O3. The van der Waals surface area contributed by atoms with Crippen LogP contribution in [-0.4, -0.2) is 76.6 Å². The van der Waals surface area contributed by atoms with E-state index in [-0.39, 0.29) is 5.41 Å². The van der Waals surface area contributed by atoms with E-state index in [1.165, 1.54) is 38.5 Å². The molecule has 2 amide bonds. The molecule has 1 unspecified atom stereocenters. The van der Waals surface area contributed by atoms with Crippen LogP contribution in [0.25, 0.3) is 0 Å². The molecule has 1 spiro atoms. The number of hydrogen-bond donors (Lipinski definition) is 1. The summed E-state index contributed by atoms with van der Waals surface area (Å²) in [5, 5.41) is 9.18. The maximum Gasteiger partial charge on any atom is 0.407 e. The Morgan fingerprint density at radius 2 is 1.81 bits per heavy atom. The second kappa shape index (κ2) is 7.02. The number of carbonyl (C=O) groups is 2. The largest absolute Gasteiger partial charge is 0.465 e. The summed E-state index contributed by atoms with van der Waals surface area (Å²) in [5.41, 5.74) is 0.274. The molecule has 0 aromatic heterocycles. The fraction of sp³-hybridized carbons (Fsp3) is 0.900. The molecule has 0 aromatic rings. The summed E-state index contributed by atoms with van der Waals surface area (Å²) in [6.07, 6.45) is 8.04. The second-order valence-corrected chi connectivity index (χ2v) is 9.04. The van der Waals surface area contributed by atoms with Crippen molar-refractivity contribution in [3.8, 4) is 0 Å². The smallest absolute Gasteiger partial charge is 0.407 e. The third kappa shape index (κ3) is 3.21. The lowest BCUT2D eigenvalue weighted by Gasteiger charge is -2.52. The first-order chi connectivity index (χ1) is 12.5. The molecule has 1 atom stereocenters. The zero-order chi connectivity index (χ0) is 18.3. The van der Waals surface area contributed by atoms with Gasteiger partial charge in [0.05, 0.1) is 0 Å². The Kier molecular flexibility index (Phi) is 4.88. The molecule has 3 saturated heterocycles. The highest BCUT2D eigenvalue weighted by molar-refractivity contribution is 5.76. The van der Waals surface area contributed by atoms with Crippen molar-refractivity contribution in [1.29, 1.82) is 0 Å². The van der Waals surface area contributed by atoms with E-state index >= 15 is 0 Å². The van der Waals surface area contributed by atoms with Gasteiger partial charge >= 0.3 is 6.09 Å². The minimum atomic E-state index is -0.756. The standard InChI is InChI=1S/C20H33N3O3/c1-2-18(24)23-8-3-4-17(23)15-5-9-21(10-6-15)16-12-20(13-16)7-11-22(14-20)19(25)26/h15-17H,2-14H2,1H3,(H,25,26). The lowest BCUT2D eigenvalue weighted by atomic mass is 9.64. The molecule has 6 heteroatoms. The predicted octanol–water partition coefficient (Wildman–Crippen LogP) is 2.63. The summed E-state index contributed by atoms with van der Waals surface area (Å²) in [7, 11) is 0. The SMILES string of the molecule is CCC(=O)N1CCCC1C1CCN(C2CC3(CCN(C(=O)O)C3)C2)CC1. The molecule has 6 nitrogen and oxygen atoms in total. The minimum Gasteiger partial charge on any atom is -0.465 e. The summed E-state index contributed by atoms with van der Waals surface area (Å²) >= 11 is 0. The number of carboxylic acid groups (broad SMARTS) is 1. The first-order valence-corrected chi connectivity index (χ1v) is 10.5. The lowest BCUT2D eigenvalue weighted by Crippen LogP contribution is -2.55. The van der Waals surface area contributed by atoms with Crippen LogP contribution in [0.15, 0.2) is 0 Å². The normalized spacial score (nSPS) is 35.9. The molecule has 1 N–H and O–H groups in total. The lowest BCUT2D eigenvalue weighted by molar-refractivity contribution is -0.133. The number of nitrogens with zero attached hydrogens (tertiary/aromatic N) is 3. The Morgan fingerprint density at radius 3 is 2.42 bits per heavy atom. The highest BCUT2D eigenvalue weighted by Crippen LogP contribution is 2.50. The van der Waals surface area contributed by atoms with Crippen LogP contribution in [0.1, 0.15) is 58.3 Å². The van der Waals surface area contributed by atoms with E-state index in [1.807, 2.05) is 6.92 Å². The van der Waals surface area contributed by atoms with Crippen LogP contribution in [0.3, 0.4) is 0 Å². The fourth-order valence-corrected chi connectivity index (χ4v) is 6.09. The Labute approximate surface area is 156 Å². The number of likely N-dealkylation sites (tertiary alicyclic amines) is 3. The van der Waals surface area contributed by atoms with E-state index in [0.717, 1.165) is 32.6 Å². The molecule has 4 rings (SSSR count). The molecule has 0 radical (unpaired) electrons. The van der Waals surface area contributed by atoms with Crippen molar-refractivity contribution < 1.29 is 14.7 Å². The molecule has 3 heterocycles. The van der Waals surface area contributed by atoms with Gasteiger partial charge in [0.25, 0.3) is 0 Å². The van der Waals surface area contributed by atoms with Crippen LogP contribution in [-0.2, 0) is 4.79 Å². The van der Waals surface area contributed by atoms with Crippen LogP contribution in [0.5, 0.6) is 0 Å². The van der Waals surface area contributed by atoms with E-state index in [9.17, 15) is 14.7 Å². The second-order valence-electron chi connectivity index (χ2n) is 9.04. The molecule has 4 aliphatic rings. The zero-order valence-electron chi connectivity index (χ0n) is 16.0. The topological polar surface area (TPSA) is 64.1 Å². The van der Waals surface area contributed by atoms with Gasteiger partial charge in [-0.1, -0.05) is 6.92 Å². The number of piperidine rings is 1. The zero-order valence-corrected chi connectivity index (χ0v) is 16.0. The van der Waals surface area contributed by atoms with Crippen LogP contribution in [0.2, 0.25) is 0 Å². The van der Waals surface area contributed by atoms with Crippen molar-refractivity contribution in [3.05, 3.63) is 0 Å². The molecular weight excluding hydrogens is 330 g/mol. The maximum atomic E-state index is 12.2. The molecule has 26 heavy (non-hydrogen) atoms. The Balaban J connectivity index is 1.25. The number of amides is 2. The van der Waals surface area contributed by atoms with Gasteiger partial charge in [-0.3, -0.25) is 4.79 Å². The van der Waals surface area contributed by atoms with Crippen LogP contribution < -0.4 is 0 Å². The molecule has 0 bridgehead atoms. The highest BCUT2D eigenvalue weighted by Gasteiger charge is 2.51. The highest BCUT2D eigenvalue weighted by atomic mass is 16.4. The predicted molar refractivity (Wildman–Crippen MR) is 99.0 cm³/mol. The van der Waals surface area contributed by atoms with E-state index < -0.39 is 6.09 Å². The number of hydrogen-bond acceptors (Lipinski definition) is 3. The average Bonchev–Trinajstić information content (AvgIpc) is 3.27. The van der Waals surface area contributed by atoms with Crippen molar-refractivity contribution in [2.75, 3.05) is 32.7 Å². The fourth-order valence-electron chi connectivity index (χ4n) is 6.09. The van der Waals surface area contributed by atoms with Crippen LogP contribution >= 0.6 is 0 Å². The first kappa shape index (κ1) is 18.1. The van der Waals surface area contributed by atoms with Crippen LogP contribution in [0.4, 0.5) is 4.79 Å². The third-order valence-corrected chi connectivity index (χ3v) is 7.60. The van der Waals surface area contributed by atoms with Crippen LogP contribution in [0, 0.1) is 11.3 Å². The molecule has 0 aromatic carbocycles. The molecule has 1 saturated carbocycles. The van der Waals surface area contributed by atoms with Gasteiger partial charge in [-0.05, 0) is 69.4 Å². The van der Waals surface area contributed by atoms with Gasteiger partial charge in [0, 0.05) is 38.1 Å². The van der Waals surface area contributed by atoms with Crippen molar-refractivity contribution in [1.82, 2.24) is 14.7 Å². The van der Waals surface area contributed by atoms with Gasteiger partial charge in [0.2, 0.25) is 5.91 Å². The van der Waals surface area contributed by atoms with Gasteiger partial charge < -0.3 is 19.8 Å². The molecule has 146 valence electrons. The maximum absolute atomic E-state index is 12.2. The quantitative estimate of drug-likeness (QED) is 0.837. The van der Waals surface area contributed by atoms with Gasteiger partial charge in [-0.25, -0.2) is 4.79 Å². The van der Waals surface area contributed by atoms with Crippen molar-refractivity contribution in [3.63, 3.8) is 0 Å². The van der Waals surface area contributed by atoms with Gasteiger partial charge in [-0.15, -0.1) is 0 Å². The summed E-state index contributed by atoms with van der Waals surface area (Å²) in [4.78, 5) is 29.7. The van der Waals surface area contributed by atoms with E-state index in [0.29, 0.717) is 36.9 Å². The van der Waals surface area contributed by atoms with Gasteiger partial charge in [0.15, 0.2) is 0 Å². The molecule has 1 aliphatic carbocycles. The third-order valence-electron chi connectivity index (χ3n) is 7.60. The van der Waals surface area contributed by atoms with Crippen molar-refractivity contribution in [2.24, 2.45) is 11.3 Å². The summed E-state index contributed by atoms with van der Waals surface area (Å²) in [5.74, 6) is 1.01. The Morgan fingerprint density at radius 1 is 1.08 bits per heavy atom. The Hall–Kier alpha value is -1.30. The molecule has 3 aliphatic heterocycles. The summed E-state index contributed by atoms with van der Waals surface area (Å²) in [6, 6.07) is 1.14. The summed E-state index contributed by atoms with van der Waals surface area (Å²) < 4.78 is 0. The van der Waals surface area contributed by atoms with Crippen molar-refractivity contribution in [2.45, 2.75) is 70.4 Å². The monoisotopic (exact) mass is 363 g/mol. The first-order valence-electron chi connectivity index (χ1n) is 10.5. The average molecular weight is 364 g/mol. The van der Waals surface area contributed by atoms with Gasteiger partial charge in [0.1, 0.15) is 0 Å². The molecule has 4 fully saturated rings. The minimum absolute atomic E-state index is 0.274. The number of carbonyl (C=O) groups excluding carboxylic acids is 1. The number of rotatable bonds is 3. The Bertz CT molecular complexity index is 553.